The number of hydrogen-bond donors (Lipinski definition) is 1. The van der Waals surface area contributed by atoms with Gasteiger partial charge in [-0.2, -0.15) is 0 Å². The molecule has 7 heteroatoms. The van der Waals surface area contributed by atoms with E-state index in [1.54, 1.807) is 4.90 Å². The Morgan fingerprint density at radius 3 is 1.53 bits per heavy atom. The van der Waals surface area contributed by atoms with Crippen molar-refractivity contribution in [1.82, 2.24) is 4.90 Å². The zero-order valence-electron chi connectivity index (χ0n) is 35.8. The molecule has 0 bridgehead atoms. The minimum absolute atomic E-state index is 0.00908. The Labute approximate surface area is 353 Å². The van der Waals surface area contributed by atoms with Gasteiger partial charge in [-0.05, 0) is 0 Å². The Morgan fingerprint density at radius 1 is 0.724 bits per heavy atom. The molecule has 1 heterocycles. The molecule has 3 atom stereocenters. The Bertz CT molecular complexity index is 1960. The van der Waals surface area contributed by atoms with Crippen LogP contribution in [0, 0.1) is 5.92 Å². The molecule has 1 aliphatic heterocycles. The molecule has 0 unspecified atom stereocenters. The molecule has 0 saturated carbocycles. The van der Waals surface area contributed by atoms with E-state index >= 15 is 0 Å². The quantitative estimate of drug-likeness (QED) is 0.121. The second-order valence-corrected chi connectivity index (χ2v) is 33.7. The van der Waals surface area contributed by atoms with E-state index in [0.29, 0.717) is 26.0 Å². The molecule has 1 fully saturated rings. The van der Waals surface area contributed by atoms with Crippen LogP contribution in [0.3, 0.4) is 0 Å². The van der Waals surface area contributed by atoms with Crippen molar-refractivity contribution in [2.45, 2.75) is 96.9 Å². The molecule has 58 heavy (non-hydrogen) atoms. The van der Waals surface area contributed by atoms with Crippen molar-refractivity contribution in [3.8, 4) is 0 Å². The fourth-order valence-corrected chi connectivity index (χ4v) is 29.2. The zero-order chi connectivity index (χ0) is 41.6. The summed E-state index contributed by atoms with van der Waals surface area (Å²) in [6.07, 6.45) is 4.01. The van der Waals surface area contributed by atoms with Crippen LogP contribution < -0.4 is 21.1 Å². The second-order valence-electron chi connectivity index (χ2n) is 18.4. The summed E-state index contributed by atoms with van der Waals surface area (Å²) in [7, 11) is -2.83. The zero-order valence-corrected chi connectivity index (χ0v) is 39.7. The van der Waals surface area contributed by atoms with Gasteiger partial charge in [-0.15, -0.1) is 0 Å². The third-order valence-corrected chi connectivity index (χ3v) is 30.7. The second kappa shape index (κ2) is 18.1. The van der Waals surface area contributed by atoms with Crippen LogP contribution in [0.4, 0.5) is 4.79 Å². The summed E-state index contributed by atoms with van der Waals surface area (Å²) in [6.45, 7) is 17.9. The van der Waals surface area contributed by atoms with Gasteiger partial charge >= 0.3 is 355 Å². The number of carbonyl (C=O) groups is 1. The molecular formula is C51H63NO4SiSn. The van der Waals surface area contributed by atoms with Gasteiger partial charge in [0.2, 0.25) is 0 Å². The minimum atomic E-state index is -4.26. The van der Waals surface area contributed by atoms with Gasteiger partial charge < -0.3 is 0 Å². The third-order valence-electron chi connectivity index (χ3n) is 11.7. The van der Waals surface area contributed by atoms with Gasteiger partial charge in [0.1, 0.15) is 0 Å². The van der Waals surface area contributed by atoms with Crippen molar-refractivity contribution in [1.29, 1.82) is 0 Å². The fraction of sp³-hybridized carbons (Fsp3) is 0.353. The van der Waals surface area contributed by atoms with Crippen LogP contribution in [-0.2, 0) is 9.16 Å². The van der Waals surface area contributed by atoms with Gasteiger partial charge in [0.25, 0.3) is 0 Å². The molecule has 0 radical (unpaired) electrons. The number of benzene rings is 5. The van der Waals surface area contributed by atoms with Crippen molar-refractivity contribution in [3.63, 3.8) is 0 Å². The number of hydrogen-bond acceptors (Lipinski definition) is 4. The summed E-state index contributed by atoms with van der Waals surface area (Å²) in [5.74, 6) is -0.00908. The average Bonchev–Trinajstić information content (AvgIpc) is 3.72. The van der Waals surface area contributed by atoms with E-state index in [0.717, 1.165) is 6.42 Å². The summed E-state index contributed by atoms with van der Waals surface area (Å²) in [4.78, 5) is 15.5. The molecule has 0 spiro atoms. The van der Waals surface area contributed by atoms with Crippen molar-refractivity contribution in [2.75, 3.05) is 13.2 Å². The Morgan fingerprint density at radius 2 is 1.14 bits per heavy atom. The van der Waals surface area contributed by atoms with Crippen LogP contribution in [0.15, 0.2) is 161 Å². The summed E-state index contributed by atoms with van der Waals surface area (Å²) < 4.78 is 18.7. The van der Waals surface area contributed by atoms with Crippen LogP contribution in [0.1, 0.15) is 74.7 Å². The van der Waals surface area contributed by atoms with Crippen LogP contribution >= 0.6 is 0 Å². The predicted molar refractivity (Wildman–Crippen MR) is 246 cm³/mol. The van der Waals surface area contributed by atoms with Gasteiger partial charge in [-0.25, -0.2) is 0 Å². The van der Waals surface area contributed by atoms with E-state index in [1.807, 2.05) is 27.7 Å². The number of rotatable bonds is 13. The number of nitrogens with zero attached hydrogens (tertiary/aromatic N) is 1. The molecule has 5 aromatic carbocycles. The van der Waals surface area contributed by atoms with Crippen LogP contribution in [0.5, 0.6) is 0 Å². The number of carbonyl (C=O) groups excluding carboxylic acids is 1. The summed E-state index contributed by atoms with van der Waals surface area (Å²) in [6, 6.07) is 54.2. The van der Waals surface area contributed by atoms with Crippen molar-refractivity contribution in [2.24, 2.45) is 5.92 Å². The molecule has 0 aromatic heterocycles. The standard InChI is InChI=1S/C33H48NO4Si.3C6H5.Sn/c1-26(17-15-23-33(8,36)29-22-16-24-34(29)30(35)38-31(2,3)4)25-37-39(32(5,6)7,27-18-11-9-12-19-27)28-20-13-10-14-21-28;3*1-2-4-6-5-3-1;/h9-14,17-21,26,29,36H,16,22-25H2,1-8H3;3*1-5H;/t26-,29-,33-;;;;/m0..../s1. The predicted octanol–water partition coefficient (Wildman–Crippen LogP) is 8.38. The van der Waals surface area contributed by atoms with Gasteiger partial charge in [0.05, 0.1) is 0 Å². The first-order chi connectivity index (χ1) is 27.6. The molecule has 1 saturated heterocycles. The van der Waals surface area contributed by atoms with Gasteiger partial charge in [-0.3, -0.25) is 0 Å². The molecule has 1 N–H and O–H groups in total. The maximum atomic E-state index is 13.7. The number of amides is 1. The maximum absolute atomic E-state index is 13.7. The van der Waals surface area contributed by atoms with E-state index in [9.17, 15) is 9.90 Å². The molecule has 304 valence electrons. The fourth-order valence-electron chi connectivity index (χ4n) is 9.30. The van der Waals surface area contributed by atoms with Crippen molar-refractivity contribution >= 4 is 53.9 Å². The Kier molecular flexibility index (Phi) is 13.6. The number of likely N-dealkylation sites (tertiary alicyclic amines) is 1. The summed E-state index contributed by atoms with van der Waals surface area (Å²) >= 11 is -4.26. The van der Waals surface area contributed by atoms with Crippen molar-refractivity contribution in [3.05, 3.63) is 161 Å². The molecule has 1 amide bonds. The Balaban J connectivity index is 1.54. The summed E-state index contributed by atoms with van der Waals surface area (Å²) in [5, 5.41) is 15.3. The molecule has 0 aliphatic carbocycles. The van der Waals surface area contributed by atoms with Gasteiger partial charge in [0, 0.05) is 0 Å². The first-order valence-electron chi connectivity index (χ1n) is 20.9. The Hall–Kier alpha value is -3.95. The topological polar surface area (TPSA) is 59.0 Å². The van der Waals surface area contributed by atoms with Crippen LogP contribution in [0.25, 0.3) is 0 Å². The average molecular weight is 901 g/mol. The van der Waals surface area contributed by atoms with E-state index in [2.05, 4.69) is 185 Å². The molecular weight excluding hydrogens is 837 g/mol. The van der Waals surface area contributed by atoms with E-state index in [1.165, 1.54) is 24.7 Å². The first-order valence-corrected chi connectivity index (χ1v) is 28.6. The van der Waals surface area contributed by atoms with Gasteiger partial charge in [-0.1, -0.05) is 0 Å². The van der Waals surface area contributed by atoms with E-state index < -0.39 is 43.9 Å². The van der Waals surface area contributed by atoms with Crippen LogP contribution in [0.2, 0.25) is 5.04 Å². The molecule has 6 rings (SSSR count). The number of ether oxygens (including phenoxy) is 1. The van der Waals surface area contributed by atoms with E-state index in [4.69, 9.17) is 9.16 Å². The first kappa shape index (κ1) is 43.6. The molecule has 1 aliphatic rings. The SMILES string of the molecule is C[C@@H](/C=[C](/C[C@](C)(O)[C@@H]1CCCN1C(=O)OC(C)(C)C)[Sn]([c]1ccccc1)([c]1ccccc1)[c]1ccccc1)CO[Si](c1ccccc1)(c1ccccc1)C(C)(C)C. The monoisotopic (exact) mass is 901 g/mol. The number of aliphatic hydroxyl groups is 1. The summed E-state index contributed by atoms with van der Waals surface area (Å²) in [5.41, 5.74) is -1.89. The van der Waals surface area contributed by atoms with Crippen LogP contribution in [-0.4, -0.2) is 73.2 Å². The van der Waals surface area contributed by atoms with E-state index in [-0.39, 0.29) is 17.0 Å². The molecule has 5 nitrogen and oxygen atoms in total. The van der Waals surface area contributed by atoms with Gasteiger partial charge in [0.15, 0.2) is 0 Å². The third kappa shape index (κ3) is 9.26. The normalized spacial score (nSPS) is 17.1. The van der Waals surface area contributed by atoms with Crippen molar-refractivity contribution < 1.29 is 19.1 Å². The molecule has 5 aromatic rings.